The van der Waals surface area contributed by atoms with Gasteiger partial charge in [-0.2, -0.15) is 22.6 Å². The van der Waals surface area contributed by atoms with E-state index < -0.39 is 15.7 Å². The van der Waals surface area contributed by atoms with Gasteiger partial charge in [-0.1, -0.05) is 6.07 Å². The summed E-state index contributed by atoms with van der Waals surface area (Å²) in [5.41, 5.74) is -0.523. The first-order chi connectivity index (χ1) is 8.60. The Balaban J connectivity index is 2.15. The molecule has 18 heavy (non-hydrogen) atoms. The maximum absolute atomic E-state index is 12.4. The van der Waals surface area contributed by atoms with E-state index in [4.69, 9.17) is 0 Å². The molecule has 9 heteroatoms. The van der Waals surface area contributed by atoms with E-state index in [1.807, 2.05) is 0 Å². The monoisotopic (exact) mass is 286 g/mol. The van der Waals surface area contributed by atoms with Crippen LogP contribution in [0.3, 0.4) is 0 Å². The van der Waals surface area contributed by atoms with Crippen LogP contribution in [0.15, 0.2) is 26.5 Å². The van der Waals surface area contributed by atoms with Gasteiger partial charge in [0, 0.05) is 6.42 Å². The first kappa shape index (κ1) is 11.5. The number of H-pyrrole nitrogens is 1. The fraction of sp³-hybridized carbons (Fsp3) is 0.333. The highest BCUT2D eigenvalue weighted by Gasteiger charge is 2.31. The number of hydrogen-bond donors (Lipinski definition) is 1. The molecule has 0 unspecified atom stereocenters. The molecule has 0 spiro atoms. The van der Waals surface area contributed by atoms with Gasteiger partial charge in [0.05, 0.1) is 6.54 Å². The Hall–Kier alpha value is -1.61. The normalized spacial score (nSPS) is 15.7. The number of nitrogens with one attached hydrogen (secondary N) is 1. The van der Waals surface area contributed by atoms with Crippen LogP contribution in [-0.2, 0) is 16.4 Å². The maximum atomic E-state index is 12.4. The predicted molar refractivity (Wildman–Crippen MR) is 65.8 cm³/mol. The third-order valence-electron chi connectivity index (χ3n) is 2.72. The predicted octanol–water partition coefficient (Wildman–Crippen LogP) is -0.0940. The van der Waals surface area contributed by atoms with E-state index in [2.05, 4.69) is 10.2 Å². The zero-order valence-electron chi connectivity index (χ0n) is 9.24. The molecule has 0 saturated heterocycles. The lowest BCUT2D eigenvalue weighted by molar-refractivity contribution is 0.528. The SMILES string of the molecule is O=c1[nH]nc2n1N(S(=O)(=O)c1cccs1)CCC2. The number of sulfonamides is 1. The minimum Gasteiger partial charge on any atom is -0.244 e. The van der Waals surface area contributed by atoms with Crippen molar-refractivity contribution in [3.05, 3.63) is 33.8 Å². The molecule has 0 fully saturated rings. The molecule has 96 valence electrons. The first-order valence-electron chi connectivity index (χ1n) is 5.33. The van der Waals surface area contributed by atoms with Crippen LogP contribution in [-0.4, -0.2) is 29.8 Å². The summed E-state index contributed by atoms with van der Waals surface area (Å²) in [5, 5.41) is 7.80. The molecule has 2 aromatic heterocycles. The Morgan fingerprint density at radius 2 is 2.28 bits per heavy atom. The standard InChI is InChI=1S/C9H10N4O3S2/c14-9-11-10-7-3-1-5-12(13(7)9)18(15,16)8-4-2-6-17-8/h2,4,6H,1,3,5H2,(H,11,14). The minimum atomic E-state index is -3.67. The molecule has 1 aliphatic rings. The van der Waals surface area contributed by atoms with Gasteiger partial charge in [-0.15, -0.1) is 11.3 Å². The van der Waals surface area contributed by atoms with Crippen LogP contribution in [0.1, 0.15) is 12.2 Å². The Labute approximate surface area is 107 Å². The summed E-state index contributed by atoms with van der Waals surface area (Å²) >= 11 is 1.13. The fourth-order valence-electron chi connectivity index (χ4n) is 1.93. The largest absolute Gasteiger partial charge is 0.363 e. The van der Waals surface area contributed by atoms with Crippen molar-refractivity contribution in [2.45, 2.75) is 17.1 Å². The van der Waals surface area contributed by atoms with Crippen LogP contribution in [0, 0.1) is 0 Å². The third kappa shape index (κ3) is 1.58. The number of thiophene rings is 1. The number of aryl methyl sites for hydroxylation is 1. The average Bonchev–Trinajstić information content (AvgIpc) is 2.99. The van der Waals surface area contributed by atoms with E-state index in [1.54, 1.807) is 11.4 Å². The Morgan fingerprint density at radius 1 is 1.44 bits per heavy atom. The van der Waals surface area contributed by atoms with Gasteiger partial charge in [0.2, 0.25) is 0 Å². The first-order valence-corrected chi connectivity index (χ1v) is 7.65. The highest BCUT2D eigenvalue weighted by atomic mass is 32.2. The van der Waals surface area contributed by atoms with Crippen molar-refractivity contribution in [3.8, 4) is 0 Å². The maximum Gasteiger partial charge on any atom is 0.363 e. The Bertz CT molecular complexity index is 713. The molecule has 7 nitrogen and oxygen atoms in total. The van der Waals surface area contributed by atoms with Crippen molar-refractivity contribution in [3.63, 3.8) is 0 Å². The molecule has 0 aromatic carbocycles. The summed E-state index contributed by atoms with van der Waals surface area (Å²) in [6.45, 7) is 0.284. The summed E-state index contributed by atoms with van der Waals surface area (Å²) in [6, 6.07) is 3.19. The van der Waals surface area contributed by atoms with Crippen molar-refractivity contribution < 1.29 is 8.42 Å². The van der Waals surface area contributed by atoms with Crippen LogP contribution < -0.4 is 10.1 Å². The summed E-state index contributed by atoms with van der Waals surface area (Å²) in [4.78, 5) is 11.6. The molecule has 1 N–H and O–H groups in total. The smallest absolute Gasteiger partial charge is 0.244 e. The van der Waals surface area contributed by atoms with Gasteiger partial charge in [-0.05, 0) is 17.9 Å². The molecule has 0 atom stereocenters. The summed E-state index contributed by atoms with van der Waals surface area (Å²) in [7, 11) is -3.67. The van der Waals surface area contributed by atoms with Gasteiger partial charge in [-0.25, -0.2) is 9.89 Å². The van der Waals surface area contributed by atoms with Gasteiger partial charge in [0.25, 0.3) is 10.0 Å². The van der Waals surface area contributed by atoms with Crippen LogP contribution in [0.5, 0.6) is 0 Å². The number of fused-ring (bicyclic) bond motifs is 1. The molecule has 0 amide bonds. The van der Waals surface area contributed by atoms with Crippen LogP contribution >= 0.6 is 11.3 Å². The van der Waals surface area contributed by atoms with E-state index in [0.29, 0.717) is 18.7 Å². The molecule has 0 bridgehead atoms. The zero-order valence-corrected chi connectivity index (χ0v) is 10.9. The number of aromatic nitrogens is 3. The molecule has 0 saturated carbocycles. The molecule has 0 radical (unpaired) electrons. The van der Waals surface area contributed by atoms with Crippen molar-refractivity contribution in [1.82, 2.24) is 14.9 Å². The third-order valence-corrected chi connectivity index (χ3v) is 5.84. The van der Waals surface area contributed by atoms with Gasteiger partial charge >= 0.3 is 5.69 Å². The Kier molecular flexibility index (Phi) is 2.52. The van der Waals surface area contributed by atoms with E-state index in [1.165, 1.54) is 6.07 Å². The molecule has 0 aliphatic carbocycles. The molecule has 3 heterocycles. The van der Waals surface area contributed by atoms with E-state index >= 15 is 0 Å². The second kappa shape index (κ2) is 3.95. The van der Waals surface area contributed by atoms with Crippen LogP contribution in [0.25, 0.3) is 0 Å². The van der Waals surface area contributed by atoms with Crippen LogP contribution in [0.2, 0.25) is 0 Å². The van der Waals surface area contributed by atoms with Gasteiger partial charge in [0.15, 0.2) is 5.82 Å². The topological polar surface area (TPSA) is 88.1 Å². The quantitative estimate of drug-likeness (QED) is 0.835. The minimum absolute atomic E-state index is 0.225. The highest BCUT2D eigenvalue weighted by Crippen LogP contribution is 2.22. The molecule has 1 aliphatic heterocycles. The summed E-state index contributed by atoms with van der Waals surface area (Å²) in [6.07, 6.45) is 1.24. The lowest BCUT2D eigenvalue weighted by Crippen LogP contribution is -2.49. The highest BCUT2D eigenvalue weighted by molar-refractivity contribution is 7.94. The number of rotatable bonds is 2. The second-order valence-electron chi connectivity index (χ2n) is 3.84. The zero-order chi connectivity index (χ0) is 12.8. The lowest BCUT2D eigenvalue weighted by Gasteiger charge is -2.27. The average molecular weight is 286 g/mol. The Morgan fingerprint density at radius 3 is 3.00 bits per heavy atom. The van der Waals surface area contributed by atoms with Gasteiger partial charge in [0.1, 0.15) is 4.21 Å². The summed E-state index contributed by atoms with van der Waals surface area (Å²) < 4.78 is 27.2. The number of nitrogens with zero attached hydrogens (tertiary/aromatic N) is 3. The second-order valence-corrected chi connectivity index (χ2v) is 6.86. The van der Waals surface area contributed by atoms with Crippen molar-refractivity contribution in [2.24, 2.45) is 0 Å². The molecular formula is C9H10N4O3S2. The number of hydrogen-bond acceptors (Lipinski definition) is 5. The molecule has 2 aromatic rings. The molecular weight excluding hydrogens is 276 g/mol. The van der Waals surface area contributed by atoms with Gasteiger partial charge < -0.3 is 0 Å². The number of aromatic amines is 1. The van der Waals surface area contributed by atoms with Crippen molar-refractivity contribution >= 4 is 21.4 Å². The van der Waals surface area contributed by atoms with Crippen LogP contribution in [0.4, 0.5) is 0 Å². The van der Waals surface area contributed by atoms with E-state index in [9.17, 15) is 13.2 Å². The van der Waals surface area contributed by atoms with E-state index in [0.717, 1.165) is 20.4 Å². The summed E-state index contributed by atoms with van der Waals surface area (Å²) in [5.74, 6) is 0.450. The lowest BCUT2D eigenvalue weighted by atomic mass is 10.3. The molecule has 3 rings (SSSR count). The van der Waals surface area contributed by atoms with Crippen molar-refractivity contribution in [2.75, 3.05) is 11.0 Å². The van der Waals surface area contributed by atoms with Crippen molar-refractivity contribution in [1.29, 1.82) is 0 Å². The fourth-order valence-corrected chi connectivity index (χ4v) is 4.50. The van der Waals surface area contributed by atoms with E-state index in [-0.39, 0.29) is 10.8 Å². The van der Waals surface area contributed by atoms with Gasteiger partial charge in [-0.3, -0.25) is 0 Å².